The molecular formula is C21H20Cl2N4O3S. The normalized spacial score (nSPS) is 12.6. The summed E-state index contributed by atoms with van der Waals surface area (Å²) in [5.74, 6) is 1.70. The van der Waals surface area contributed by atoms with Crippen LogP contribution < -0.4 is 14.8 Å². The maximum Gasteiger partial charge on any atom is 0.236 e. The third kappa shape index (κ3) is 4.76. The Hall–Kier alpha value is -2.42. The highest BCUT2D eigenvalue weighted by Gasteiger charge is 2.17. The molecule has 1 N–H and O–H groups in total. The second-order valence-corrected chi connectivity index (χ2v) is 8.51. The molecule has 7 nitrogen and oxygen atoms in total. The van der Waals surface area contributed by atoms with Gasteiger partial charge in [0.25, 0.3) is 0 Å². The molecule has 0 bridgehead atoms. The summed E-state index contributed by atoms with van der Waals surface area (Å²) >= 11 is 13.5. The van der Waals surface area contributed by atoms with E-state index in [9.17, 15) is 4.79 Å². The van der Waals surface area contributed by atoms with Crippen LogP contribution in [0.1, 0.15) is 12.6 Å². The minimum absolute atomic E-state index is 0.164. The van der Waals surface area contributed by atoms with Gasteiger partial charge in [0.1, 0.15) is 13.2 Å². The van der Waals surface area contributed by atoms with Gasteiger partial charge in [-0.2, -0.15) is 0 Å². The van der Waals surface area contributed by atoms with Crippen molar-refractivity contribution >= 4 is 46.7 Å². The van der Waals surface area contributed by atoms with Gasteiger partial charge in [-0.05, 0) is 38.1 Å². The van der Waals surface area contributed by atoms with Gasteiger partial charge in [0.15, 0.2) is 22.5 Å². The van der Waals surface area contributed by atoms with Gasteiger partial charge in [-0.15, -0.1) is 0 Å². The molecule has 10 heteroatoms. The third-order valence-corrected chi connectivity index (χ3v) is 6.33. The average molecular weight is 479 g/mol. The van der Waals surface area contributed by atoms with Crippen molar-refractivity contribution in [2.45, 2.75) is 25.5 Å². The fourth-order valence-electron chi connectivity index (χ4n) is 3.16. The lowest BCUT2D eigenvalue weighted by Gasteiger charge is -2.19. The molecule has 162 valence electrons. The number of rotatable bonds is 6. The van der Waals surface area contributed by atoms with Crippen LogP contribution in [0.5, 0.6) is 11.5 Å². The molecule has 3 aromatic rings. The van der Waals surface area contributed by atoms with Crippen LogP contribution in [0, 0.1) is 6.92 Å². The number of aromatic nitrogens is 3. The minimum Gasteiger partial charge on any atom is -0.486 e. The number of halogens is 2. The van der Waals surface area contributed by atoms with Crippen LogP contribution in [0.4, 0.5) is 5.82 Å². The Morgan fingerprint density at radius 2 is 1.97 bits per heavy atom. The van der Waals surface area contributed by atoms with E-state index >= 15 is 0 Å². The fraction of sp³-hybridized carbons (Fsp3) is 0.286. The van der Waals surface area contributed by atoms with Crippen molar-refractivity contribution in [3.05, 3.63) is 46.2 Å². The summed E-state index contributed by atoms with van der Waals surface area (Å²) in [6.45, 7) is 5.58. The third-order valence-electron chi connectivity index (χ3n) is 4.67. The quantitative estimate of drug-likeness (QED) is 0.497. The van der Waals surface area contributed by atoms with Crippen molar-refractivity contribution in [3.63, 3.8) is 0 Å². The van der Waals surface area contributed by atoms with Crippen molar-refractivity contribution in [1.82, 2.24) is 14.5 Å². The van der Waals surface area contributed by atoms with E-state index in [4.69, 9.17) is 32.7 Å². The number of aryl methyl sites for hydroxylation is 1. The predicted molar refractivity (Wildman–Crippen MR) is 123 cm³/mol. The van der Waals surface area contributed by atoms with E-state index in [-0.39, 0.29) is 11.7 Å². The molecule has 1 aliphatic heterocycles. The van der Waals surface area contributed by atoms with Crippen LogP contribution in [0.15, 0.2) is 35.6 Å². The van der Waals surface area contributed by atoms with E-state index in [0.717, 1.165) is 27.9 Å². The molecule has 0 aliphatic carbocycles. The molecule has 4 rings (SSSR count). The number of carbonyl (C=O) groups is 1. The molecule has 31 heavy (non-hydrogen) atoms. The number of carbonyl (C=O) groups excluding carboxylic acids is 1. The van der Waals surface area contributed by atoms with Crippen LogP contribution in [0.2, 0.25) is 10.0 Å². The Balaban J connectivity index is 1.47. The van der Waals surface area contributed by atoms with Gasteiger partial charge >= 0.3 is 0 Å². The molecular weight excluding hydrogens is 459 g/mol. The summed E-state index contributed by atoms with van der Waals surface area (Å²) in [7, 11) is 0. The Morgan fingerprint density at radius 3 is 2.74 bits per heavy atom. The molecule has 1 aromatic carbocycles. The van der Waals surface area contributed by atoms with Gasteiger partial charge in [-0.1, -0.05) is 35.0 Å². The van der Waals surface area contributed by atoms with Crippen LogP contribution in [0.25, 0.3) is 11.3 Å². The second kappa shape index (κ2) is 9.38. The zero-order valence-corrected chi connectivity index (χ0v) is 19.3. The summed E-state index contributed by atoms with van der Waals surface area (Å²) < 4.78 is 13.3. The summed E-state index contributed by atoms with van der Waals surface area (Å²) in [6.07, 6.45) is 1.80. The molecule has 0 unspecified atom stereocenters. The molecule has 0 saturated heterocycles. The number of pyridine rings is 1. The highest BCUT2D eigenvalue weighted by atomic mass is 35.5. The minimum atomic E-state index is -0.229. The number of thioether (sulfide) groups is 1. The molecule has 1 aliphatic rings. The molecule has 2 aromatic heterocycles. The van der Waals surface area contributed by atoms with Gasteiger partial charge in [0.05, 0.1) is 33.4 Å². The smallest absolute Gasteiger partial charge is 0.236 e. The Kier molecular flexibility index (Phi) is 6.60. The first kappa shape index (κ1) is 21.8. The van der Waals surface area contributed by atoms with Crippen LogP contribution >= 0.6 is 35.0 Å². The van der Waals surface area contributed by atoms with Gasteiger partial charge < -0.3 is 19.4 Å². The van der Waals surface area contributed by atoms with Crippen molar-refractivity contribution in [2.75, 3.05) is 24.3 Å². The summed E-state index contributed by atoms with van der Waals surface area (Å²) in [5.41, 5.74) is 2.52. The maximum atomic E-state index is 12.4. The molecule has 3 heterocycles. The zero-order chi connectivity index (χ0) is 22.0. The average Bonchev–Trinajstić information content (AvgIpc) is 3.18. The number of amides is 1. The number of hydrogen-bond acceptors (Lipinski definition) is 6. The number of fused-ring (bicyclic) bond motifs is 1. The van der Waals surface area contributed by atoms with E-state index in [2.05, 4.69) is 19.9 Å². The highest BCUT2D eigenvalue weighted by Crippen LogP contribution is 2.35. The summed E-state index contributed by atoms with van der Waals surface area (Å²) in [4.78, 5) is 21.2. The molecule has 0 atom stereocenters. The van der Waals surface area contributed by atoms with Crippen molar-refractivity contribution in [2.24, 2.45) is 0 Å². The highest BCUT2D eigenvalue weighted by molar-refractivity contribution is 7.99. The Morgan fingerprint density at radius 1 is 1.19 bits per heavy atom. The summed E-state index contributed by atoms with van der Waals surface area (Å²) in [6, 6.07) is 7.41. The van der Waals surface area contributed by atoms with E-state index in [1.54, 1.807) is 19.2 Å². The number of benzene rings is 1. The van der Waals surface area contributed by atoms with Gasteiger partial charge in [-0.3, -0.25) is 4.79 Å². The number of anilines is 1. The van der Waals surface area contributed by atoms with Crippen LogP contribution in [-0.4, -0.2) is 39.4 Å². The van der Waals surface area contributed by atoms with E-state index in [1.165, 1.54) is 11.8 Å². The zero-order valence-electron chi connectivity index (χ0n) is 16.9. The molecule has 0 saturated carbocycles. The van der Waals surface area contributed by atoms with Crippen molar-refractivity contribution in [1.29, 1.82) is 0 Å². The van der Waals surface area contributed by atoms with Crippen LogP contribution in [-0.2, 0) is 11.3 Å². The molecule has 0 spiro atoms. The number of imidazole rings is 1. The van der Waals surface area contributed by atoms with E-state index in [0.29, 0.717) is 41.3 Å². The first-order chi connectivity index (χ1) is 15.0. The van der Waals surface area contributed by atoms with Gasteiger partial charge in [0.2, 0.25) is 5.91 Å². The van der Waals surface area contributed by atoms with Crippen LogP contribution in [0.3, 0.4) is 0 Å². The lowest BCUT2D eigenvalue weighted by molar-refractivity contribution is -0.113. The topological polar surface area (TPSA) is 78.3 Å². The lowest BCUT2D eigenvalue weighted by atomic mass is 10.1. The van der Waals surface area contributed by atoms with Crippen molar-refractivity contribution in [3.8, 4) is 22.8 Å². The standard InChI is InChI=1S/C21H20Cl2N4O3S/c1-3-27-16(13-4-5-17-18(8-13)30-7-6-29-17)10-24-21(27)31-11-19(28)26-20-15(23)9-14(22)12(2)25-20/h4-5,8-10H,3,6-7,11H2,1-2H3,(H,25,26,28). The monoisotopic (exact) mass is 478 g/mol. The number of nitrogens with one attached hydrogen (secondary N) is 1. The Bertz CT molecular complexity index is 1140. The molecule has 0 fully saturated rings. The maximum absolute atomic E-state index is 12.4. The second-order valence-electron chi connectivity index (χ2n) is 6.75. The largest absolute Gasteiger partial charge is 0.486 e. The van der Waals surface area contributed by atoms with Gasteiger partial charge in [-0.25, -0.2) is 9.97 Å². The SMILES string of the molecule is CCn1c(-c2ccc3c(c2)OCCO3)cnc1SCC(=O)Nc1nc(C)c(Cl)cc1Cl. The van der Waals surface area contributed by atoms with E-state index in [1.807, 2.05) is 25.1 Å². The summed E-state index contributed by atoms with van der Waals surface area (Å²) in [5, 5.41) is 4.22. The first-order valence-electron chi connectivity index (χ1n) is 9.67. The molecule has 0 radical (unpaired) electrons. The Labute approximate surface area is 194 Å². The lowest BCUT2D eigenvalue weighted by Crippen LogP contribution is -2.16. The van der Waals surface area contributed by atoms with Crippen molar-refractivity contribution < 1.29 is 14.3 Å². The fourth-order valence-corrected chi connectivity index (χ4v) is 4.41. The first-order valence-corrected chi connectivity index (χ1v) is 11.4. The van der Waals surface area contributed by atoms with E-state index < -0.39 is 0 Å². The predicted octanol–water partition coefficient (Wildman–Crippen LogP) is 5.08. The number of ether oxygens (including phenoxy) is 2. The number of hydrogen-bond donors (Lipinski definition) is 1. The number of nitrogens with zero attached hydrogens (tertiary/aromatic N) is 3. The molecule has 1 amide bonds. The van der Waals surface area contributed by atoms with Gasteiger partial charge in [0, 0.05) is 12.1 Å².